The number of amides is 1. The highest BCUT2D eigenvalue weighted by atomic mass is 35.5. The summed E-state index contributed by atoms with van der Waals surface area (Å²) in [4.78, 5) is 11.7. The van der Waals surface area contributed by atoms with Crippen molar-refractivity contribution in [2.75, 3.05) is 27.1 Å². The number of nitrogens with one attached hydrogen (secondary N) is 1. The summed E-state index contributed by atoms with van der Waals surface area (Å²) in [5.41, 5.74) is 0.440. The summed E-state index contributed by atoms with van der Waals surface area (Å²) in [5.74, 6) is 0.761. The van der Waals surface area contributed by atoms with E-state index in [0.717, 1.165) is 0 Å². The van der Waals surface area contributed by atoms with E-state index in [4.69, 9.17) is 25.8 Å². The van der Waals surface area contributed by atoms with Gasteiger partial charge in [-0.1, -0.05) is 11.6 Å². The zero-order chi connectivity index (χ0) is 12.3. The second-order valence-corrected chi connectivity index (χ2v) is 3.85. The van der Waals surface area contributed by atoms with Crippen LogP contribution in [0.15, 0.2) is 12.1 Å². The number of rotatable bonds is 4. The smallest absolute Gasteiger partial charge is 0.251 e. The predicted octanol–water partition coefficient (Wildman–Crippen LogP) is 1.44. The Labute approximate surface area is 104 Å². The van der Waals surface area contributed by atoms with Crippen LogP contribution < -0.4 is 14.8 Å². The third-order valence-corrected chi connectivity index (χ3v) is 2.56. The Morgan fingerprint density at radius 1 is 1.53 bits per heavy atom. The monoisotopic (exact) mass is 257 g/mol. The van der Waals surface area contributed by atoms with Crippen LogP contribution in [-0.4, -0.2) is 33.0 Å². The second-order valence-electron chi connectivity index (χ2n) is 3.44. The molecule has 0 radical (unpaired) electrons. The average Bonchev–Trinajstić information content (AvgIpc) is 2.77. The van der Waals surface area contributed by atoms with E-state index in [1.54, 1.807) is 19.2 Å². The molecule has 0 spiro atoms. The molecule has 0 atom stereocenters. The van der Waals surface area contributed by atoms with E-state index in [2.05, 4.69) is 5.32 Å². The summed E-state index contributed by atoms with van der Waals surface area (Å²) in [6.07, 6.45) is 0. The summed E-state index contributed by atoms with van der Waals surface area (Å²) in [7, 11) is 1.57. The molecule has 0 aromatic heterocycles. The first kappa shape index (κ1) is 12.0. The Hall–Kier alpha value is -1.46. The molecule has 2 rings (SSSR count). The van der Waals surface area contributed by atoms with Crippen LogP contribution in [0, 0.1) is 0 Å². The number of methoxy groups -OCH3 is 1. The van der Waals surface area contributed by atoms with Gasteiger partial charge >= 0.3 is 0 Å². The van der Waals surface area contributed by atoms with E-state index in [1.165, 1.54) is 0 Å². The predicted molar refractivity (Wildman–Crippen MR) is 61.8 cm³/mol. The standard InChI is InChI=1S/C11H12ClNO4/c1-15-3-2-13-11(14)7-4-8(12)10-9(5-7)16-6-17-10/h4-5H,2-3,6H2,1H3,(H,13,14). The maximum absolute atomic E-state index is 11.7. The highest BCUT2D eigenvalue weighted by Gasteiger charge is 2.20. The van der Waals surface area contributed by atoms with Crippen molar-refractivity contribution < 1.29 is 19.0 Å². The number of halogens is 1. The van der Waals surface area contributed by atoms with Crippen LogP contribution in [0.5, 0.6) is 11.5 Å². The average molecular weight is 258 g/mol. The molecule has 1 aromatic rings. The van der Waals surface area contributed by atoms with Crippen LogP contribution in [0.1, 0.15) is 10.4 Å². The lowest BCUT2D eigenvalue weighted by Gasteiger charge is -2.06. The fraction of sp³-hybridized carbons (Fsp3) is 0.364. The van der Waals surface area contributed by atoms with Gasteiger partial charge < -0.3 is 19.5 Å². The van der Waals surface area contributed by atoms with E-state index in [-0.39, 0.29) is 12.7 Å². The number of fused-ring (bicyclic) bond motifs is 1. The summed E-state index contributed by atoms with van der Waals surface area (Å²) < 4.78 is 15.2. The lowest BCUT2D eigenvalue weighted by atomic mass is 10.2. The van der Waals surface area contributed by atoms with Crippen LogP contribution in [0.3, 0.4) is 0 Å². The van der Waals surface area contributed by atoms with Crippen LogP contribution >= 0.6 is 11.6 Å². The first-order valence-corrected chi connectivity index (χ1v) is 5.46. The summed E-state index contributed by atoms with van der Waals surface area (Å²) in [6.45, 7) is 1.04. The molecular weight excluding hydrogens is 246 g/mol. The lowest BCUT2D eigenvalue weighted by Crippen LogP contribution is -2.26. The quantitative estimate of drug-likeness (QED) is 0.830. The molecule has 0 bridgehead atoms. The molecule has 0 aliphatic carbocycles. The van der Waals surface area contributed by atoms with Crippen molar-refractivity contribution >= 4 is 17.5 Å². The van der Waals surface area contributed by atoms with E-state index < -0.39 is 0 Å². The second kappa shape index (κ2) is 5.25. The maximum Gasteiger partial charge on any atom is 0.251 e. The highest BCUT2D eigenvalue weighted by Crippen LogP contribution is 2.39. The minimum atomic E-state index is -0.220. The van der Waals surface area contributed by atoms with E-state index in [1.807, 2.05) is 0 Å². The maximum atomic E-state index is 11.7. The first-order chi connectivity index (χ1) is 8.22. The van der Waals surface area contributed by atoms with Gasteiger partial charge in [-0.3, -0.25) is 4.79 Å². The minimum Gasteiger partial charge on any atom is -0.454 e. The highest BCUT2D eigenvalue weighted by molar-refractivity contribution is 6.32. The SMILES string of the molecule is COCCNC(=O)c1cc(Cl)c2c(c1)OCO2. The molecule has 17 heavy (non-hydrogen) atoms. The van der Waals surface area contributed by atoms with Crippen molar-refractivity contribution in [2.24, 2.45) is 0 Å². The Bertz CT molecular complexity index is 436. The van der Waals surface area contributed by atoms with Crippen LogP contribution in [0.25, 0.3) is 0 Å². The molecular formula is C11H12ClNO4. The molecule has 1 aromatic carbocycles. The van der Waals surface area contributed by atoms with Crippen LogP contribution in [-0.2, 0) is 4.74 Å². The topological polar surface area (TPSA) is 56.8 Å². The molecule has 0 saturated carbocycles. The van der Waals surface area contributed by atoms with Crippen molar-refractivity contribution in [3.8, 4) is 11.5 Å². The van der Waals surface area contributed by atoms with Crippen molar-refractivity contribution in [1.29, 1.82) is 0 Å². The first-order valence-electron chi connectivity index (χ1n) is 5.08. The normalized spacial score (nSPS) is 12.6. The summed E-state index contributed by atoms with van der Waals surface area (Å²) >= 11 is 5.97. The molecule has 0 unspecified atom stereocenters. The van der Waals surface area contributed by atoms with Crippen molar-refractivity contribution in [3.63, 3.8) is 0 Å². The van der Waals surface area contributed by atoms with Crippen molar-refractivity contribution in [2.45, 2.75) is 0 Å². The van der Waals surface area contributed by atoms with Gasteiger partial charge in [0.25, 0.3) is 5.91 Å². The van der Waals surface area contributed by atoms with Crippen LogP contribution in [0.4, 0.5) is 0 Å². The van der Waals surface area contributed by atoms with Gasteiger partial charge in [0.05, 0.1) is 11.6 Å². The van der Waals surface area contributed by atoms with E-state index in [0.29, 0.717) is 35.2 Å². The van der Waals surface area contributed by atoms with Crippen molar-refractivity contribution in [1.82, 2.24) is 5.32 Å². The molecule has 6 heteroatoms. The number of benzene rings is 1. The van der Waals surface area contributed by atoms with Crippen LogP contribution in [0.2, 0.25) is 5.02 Å². The number of carbonyl (C=O) groups is 1. The largest absolute Gasteiger partial charge is 0.454 e. The van der Waals surface area contributed by atoms with E-state index >= 15 is 0 Å². The van der Waals surface area contributed by atoms with Gasteiger partial charge in [-0.25, -0.2) is 0 Å². The number of hydrogen-bond donors (Lipinski definition) is 1. The molecule has 1 aliphatic rings. The van der Waals surface area contributed by atoms with Gasteiger partial charge in [0.1, 0.15) is 0 Å². The number of ether oxygens (including phenoxy) is 3. The third kappa shape index (κ3) is 2.62. The van der Waals surface area contributed by atoms with E-state index in [9.17, 15) is 4.79 Å². The van der Waals surface area contributed by atoms with Gasteiger partial charge in [-0.2, -0.15) is 0 Å². The Morgan fingerprint density at radius 2 is 2.35 bits per heavy atom. The van der Waals surface area contributed by atoms with Gasteiger partial charge in [0.15, 0.2) is 11.5 Å². The summed E-state index contributed by atoms with van der Waals surface area (Å²) in [5, 5.41) is 3.07. The Balaban J connectivity index is 2.11. The Morgan fingerprint density at radius 3 is 3.12 bits per heavy atom. The lowest BCUT2D eigenvalue weighted by molar-refractivity contribution is 0.0936. The Kier molecular flexibility index (Phi) is 3.71. The molecule has 5 nitrogen and oxygen atoms in total. The van der Waals surface area contributed by atoms with Crippen molar-refractivity contribution in [3.05, 3.63) is 22.7 Å². The minimum absolute atomic E-state index is 0.129. The fourth-order valence-electron chi connectivity index (χ4n) is 1.47. The summed E-state index contributed by atoms with van der Waals surface area (Å²) in [6, 6.07) is 3.16. The number of carbonyl (C=O) groups excluding carboxylic acids is 1. The number of hydrogen-bond acceptors (Lipinski definition) is 4. The molecule has 92 valence electrons. The zero-order valence-electron chi connectivity index (χ0n) is 9.29. The van der Waals surface area contributed by atoms with Gasteiger partial charge in [-0.05, 0) is 12.1 Å². The van der Waals surface area contributed by atoms with Gasteiger partial charge in [0.2, 0.25) is 6.79 Å². The molecule has 1 aliphatic heterocycles. The fourth-order valence-corrected chi connectivity index (χ4v) is 1.73. The van der Waals surface area contributed by atoms with Gasteiger partial charge in [-0.15, -0.1) is 0 Å². The molecule has 1 N–H and O–H groups in total. The molecule has 0 fully saturated rings. The molecule has 1 heterocycles. The zero-order valence-corrected chi connectivity index (χ0v) is 10.0. The molecule has 0 saturated heterocycles. The third-order valence-electron chi connectivity index (χ3n) is 2.28. The van der Waals surface area contributed by atoms with Gasteiger partial charge in [0, 0.05) is 19.2 Å². The molecule has 1 amide bonds.